The smallest absolute Gasteiger partial charge is 0.265 e. The van der Waals surface area contributed by atoms with Gasteiger partial charge in [-0.3, -0.25) is 19.8 Å². The molecule has 0 atom stereocenters. The number of rotatable bonds is 4. The predicted octanol–water partition coefficient (Wildman–Crippen LogP) is 3.82. The topological polar surface area (TPSA) is 49.4 Å². The first kappa shape index (κ1) is 18.0. The number of carbonyl (C=O) groups is 2. The Balaban J connectivity index is 2.05. The van der Waals surface area contributed by atoms with Crippen LogP contribution in [0.5, 0.6) is 0 Å². The molecule has 0 aliphatic carbocycles. The van der Waals surface area contributed by atoms with Crippen molar-refractivity contribution in [3.63, 3.8) is 0 Å². The van der Waals surface area contributed by atoms with Crippen molar-refractivity contribution in [1.82, 2.24) is 10.2 Å². The molecule has 1 aliphatic rings. The fourth-order valence-corrected chi connectivity index (χ4v) is 3.04. The Labute approximate surface area is 161 Å². The lowest BCUT2D eigenvalue weighted by atomic mass is 9.97. The molecule has 2 amide bonds. The van der Waals surface area contributed by atoms with Gasteiger partial charge in [0.1, 0.15) is 5.57 Å². The normalized spacial score (nSPS) is 16.0. The van der Waals surface area contributed by atoms with Gasteiger partial charge in [-0.25, -0.2) is 0 Å². The standard InChI is InChI=1S/C20H15ClN2O2S/c1-2-11-23-19(25)17(18(24)22-20(23)26)12-14-5-3-4-6-16(14)13-7-9-15(21)10-8-13/h2-10,12H,1,11H2,(H,22,24,26)/b17-12+. The van der Waals surface area contributed by atoms with Crippen LogP contribution in [0.25, 0.3) is 17.2 Å². The van der Waals surface area contributed by atoms with Crippen LogP contribution in [0.4, 0.5) is 0 Å². The van der Waals surface area contributed by atoms with E-state index < -0.39 is 11.8 Å². The van der Waals surface area contributed by atoms with Gasteiger partial charge in [0.2, 0.25) is 0 Å². The maximum atomic E-state index is 12.7. The number of thiocarbonyl (C=S) groups is 1. The third-order valence-electron chi connectivity index (χ3n) is 3.91. The summed E-state index contributed by atoms with van der Waals surface area (Å²) in [6.45, 7) is 3.85. The lowest BCUT2D eigenvalue weighted by Crippen LogP contribution is -2.53. The second-order valence-corrected chi connectivity index (χ2v) is 6.44. The van der Waals surface area contributed by atoms with E-state index in [1.54, 1.807) is 24.3 Å². The minimum absolute atomic E-state index is 0.0295. The Hall–Kier alpha value is -2.76. The summed E-state index contributed by atoms with van der Waals surface area (Å²) in [5.41, 5.74) is 2.60. The van der Waals surface area contributed by atoms with Crippen molar-refractivity contribution in [3.8, 4) is 11.1 Å². The minimum atomic E-state index is -0.508. The molecule has 1 fully saturated rings. The van der Waals surface area contributed by atoms with Crippen molar-refractivity contribution in [1.29, 1.82) is 0 Å². The largest absolute Gasteiger partial charge is 0.298 e. The summed E-state index contributed by atoms with van der Waals surface area (Å²) >= 11 is 11.0. The lowest BCUT2D eigenvalue weighted by molar-refractivity contribution is -0.128. The zero-order valence-corrected chi connectivity index (χ0v) is 15.3. The van der Waals surface area contributed by atoms with Gasteiger partial charge in [0.25, 0.3) is 11.8 Å². The number of amides is 2. The molecule has 0 saturated carbocycles. The summed E-state index contributed by atoms with van der Waals surface area (Å²) in [6.07, 6.45) is 3.14. The summed E-state index contributed by atoms with van der Waals surface area (Å²) in [6, 6.07) is 14.9. The van der Waals surface area contributed by atoms with Crippen LogP contribution in [0.2, 0.25) is 5.02 Å². The van der Waals surface area contributed by atoms with Gasteiger partial charge in [0.05, 0.1) is 0 Å². The zero-order chi connectivity index (χ0) is 18.7. The number of halogens is 1. The van der Waals surface area contributed by atoms with E-state index in [2.05, 4.69) is 11.9 Å². The molecule has 0 unspecified atom stereocenters. The van der Waals surface area contributed by atoms with Gasteiger partial charge in [-0.15, -0.1) is 6.58 Å². The molecule has 1 heterocycles. The molecular weight excluding hydrogens is 368 g/mol. The molecule has 4 nitrogen and oxygen atoms in total. The molecule has 0 radical (unpaired) electrons. The van der Waals surface area contributed by atoms with E-state index in [9.17, 15) is 9.59 Å². The second kappa shape index (κ2) is 7.64. The van der Waals surface area contributed by atoms with E-state index in [0.29, 0.717) is 5.02 Å². The second-order valence-electron chi connectivity index (χ2n) is 5.62. The molecule has 2 aromatic rings. The van der Waals surface area contributed by atoms with Gasteiger partial charge < -0.3 is 0 Å². The first-order valence-electron chi connectivity index (χ1n) is 7.86. The van der Waals surface area contributed by atoms with E-state index in [1.807, 2.05) is 36.4 Å². The Bertz CT molecular complexity index is 935. The number of nitrogens with zero attached hydrogens (tertiary/aromatic N) is 1. The average molecular weight is 383 g/mol. The molecule has 26 heavy (non-hydrogen) atoms. The van der Waals surface area contributed by atoms with Gasteiger partial charge in [0.15, 0.2) is 5.11 Å². The lowest BCUT2D eigenvalue weighted by Gasteiger charge is -2.27. The number of benzene rings is 2. The number of carbonyl (C=O) groups excluding carboxylic acids is 2. The van der Waals surface area contributed by atoms with Gasteiger partial charge in [-0.2, -0.15) is 0 Å². The monoisotopic (exact) mass is 382 g/mol. The van der Waals surface area contributed by atoms with Crippen LogP contribution in [0.3, 0.4) is 0 Å². The summed E-state index contributed by atoms with van der Waals surface area (Å²) in [5.74, 6) is -0.948. The van der Waals surface area contributed by atoms with E-state index in [-0.39, 0.29) is 17.2 Å². The molecule has 0 aromatic heterocycles. The van der Waals surface area contributed by atoms with Gasteiger partial charge in [-0.05, 0) is 47.1 Å². The van der Waals surface area contributed by atoms with E-state index in [0.717, 1.165) is 16.7 Å². The van der Waals surface area contributed by atoms with E-state index in [1.165, 1.54) is 4.90 Å². The SMILES string of the molecule is C=CCN1C(=O)/C(=C/c2ccccc2-c2ccc(Cl)cc2)C(=O)NC1=S. The van der Waals surface area contributed by atoms with Crippen LogP contribution >= 0.6 is 23.8 Å². The van der Waals surface area contributed by atoms with Crippen molar-refractivity contribution >= 4 is 46.8 Å². The Morgan fingerprint density at radius 3 is 2.50 bits per heavy atom. The Morgan fingerprint density at radius 1 is 1.12 bits per heavy atom. The fourth-order valence-electron chi connectivity index (χ4n) is 2.66. The highest BCUT2D eigenvalue weighted by atomic mass is 35.5. The maximum Gasteiger partial charge on any atom is 0.265 e. The number of hydrogen-bond donors (Lipinski definition) is 1. The van der Waals surface area contributed by atoms with E-state index >= 15 is 0 Å². The molecule has 0 bridgehead atoms. The first-order valence-corrected chi connectivity index (χ1v) is 8.64. The molecule has 1 N–H and O–H groups in total. The summed E-state index contributed by atoms with van der Waals surface area (Å²) in [5, 5.41) is 3.27. The maximum absolute atomic E-state index is 12.7. The van der Waals surface area contributed by atoms with Crippen LogP contribution < -0.4 is 5.32 Å². The molecule has 130 valence electrons. The van der Waals surface area contributed by atoms with Crippen LogP contribution in [-0.2, 0) is 9.59 Å². The van der Waals surface area contributed by atoms with E-state index in [4.69, 9.17) is 23.8 Å². The summed E-state index contributed by atoms with van der Waals surface area (Å²) < 4.78 is 0. The molecule has 0 spiro atoms. The number of hydrogen-bond acceptors (Lipinski definition) is 3. The van der Waals surface area contributed by atoms with Crippen LogP contribution in [-0.4, -0.2) is 28.4 Å². The van der Waals surface area contributed by atoms with Gasteiger partial charge in [0, 0.05) is 11.6 Å². The molecule has 1 aliphatic heterocycles. The molecular formula is C20H15ClN2O2S. The van der Waals surface area contributed by atoms with Crippen molar-refractivity contribution < 1.29 is 9.59 Å². The molecule has 1 saturated heterocycles. The van der Waals surface area contributed by atoms with Crippen LogP contribution in [0, 0.1) is 0 Å². The quantitative estimate of drug-likeness (QED) is 0.378. The van der Waals surface area contributed by atoms with Crippen molar-refractivity contribution in [2.75, 3.05) is 6.54 Å². The Kier molecular flexibility index (Phi) is 5.30. The molecule has 6 heteroatoms. The third kappa shape index (κ3) is 3.59. The first-order chi connectivity index (χ1) is 12.5. The minimum Gasteiger partial charge on any atom is -0.298 e. The van der Waals surface area contributed by atoms with Gasteiger partial charge >= 0.3 is 0 Å². The highest BCUT2D eigenvalue weighted by Crippen LogP contribution is 2.27. The fraction of sp³-hybridized carbons (Fsp3) is 0.0500. The van der Waals surface area contributed by atoms with Crippen molar-refractivity contribution in [3.05, 3.63) is 77.3 Å². The average Bonchev–Trinajstić information content (AvgIpc) is 2.63. The van der Waals surface area contributed by atoms with Crippen molar-refractivity contribution in [2.45, 2.75) is 0 Å². The molecule has 2 aromatic carbocycles. The third-order valence-corrected chi connectivity index (χ3v) is 4.49. The number of nitrogens with one attached hydrogen (secondary N) is 1. The van der Waals surface area contributed by atoms with Crippen LogP contribution in [0.1, 0.15) is 5.56 Å². The van der Waals surface area contributed by atoms with Crippen LogP contribution in [0.15, 0.2) is 66.8 Å². The molecule has 3 rings (SSSR count). The van der Waals surface area contributed by atoms with Gasteiger partial charge in [-0.1, -0.05) is 54.1 Å². The zero-order valence-electron chi connectivity index (χ0n) is 13.7. The Morgan fingerprint density at radius 2 is 1.81 bits per heavy atom. The highest BCUT2D eigenvalue weighted by Gasteiger charge is 2.32. The summed E-state index contributed by atoms with van der Waals surface area (Å²) in [4.78, 5) is 26.3. The van der Waals surface area contributed by atoms with Crippen molar-refractivity contribution in [2.24, 2.45) is 0 Å². The summed E-state index contributed by atoms with van der Waals surface area (Å²) in [7, 11) is 0. The predicted molar refractivity (Wildman–Crippen MR) is 108 cm³/mol. The highest BCUT2D eigenvalue weighted by molar-refractivity contribution is 7.80.